The normalized spacial score (nSPS) is 10.5. The summed E-state index contributed by atoms with van der Waals surface area (Å²) in [5, 5.41) is 0. The lowest BCUT2D eigenvalue weighted by atomic mass is 10.2. The quantitative estimate of drug-likeness (QED) is 0.468. The summed E-state index contributed by atoms with van der Waals surface area (Å²) >= 11 is 0. The Bertz CT molecular complexity index is 544. The van der Waals surface area contributed by atoms with Crippen LogP contribution < -0.4 is 4.74 Å². The van der Waals surface area contributed by atoms with Gasteiger partial charge in [0.05, 0.1) is 5.69 Å². The molecule has 0 saturated carbocycles. The third-order valence-electron chi connectivity index (χ3n) is 2.26. The van der Waals surface area contributed by atoms with Gasteiger partial charge in [0.15, 0.2) is 0 Å². The van der Waals surface area contributed by atoms with Crippen LogP contribution in [0.3, 0.4) is 0 Å². The van der Waals surface area contributed by atoms with E-state index < -0.39 is 0 Å². The van der Waals surface area contributed by atoms with E-state index in [1.54, 1.807) is 18.3 Å². The second kappa shape index (κ2) is 5.77. The number of esters is 1. The van der Waals surface area contributed by atoms with E-state index in [0.717, 1.165) is 11.3 Å². The standard InChI is InChI=1S/C15H13NO2/c1-12(17)18-15-9-7-13(8-10-15)11-16-14-5-3-2-4-6-14/h2-11H,1H3. The van der Waals surface area contributed by atoms with E-state index >= 15 is 0 Å². The lowest BCUT2D eigenvalue weighted by molar-refractivity contribution is -0.131. The Balaban J connectivity index is 2.06. The molecule has 0 heterocycles. The van der Waals surface area contributed by atoms with Crippen molar-refractivity contribution in [3.8, 4) is 5.75 Å². The van der Waals surface area contributed by atoms with Crippen LogP contribution in [0.4, 0.5) is 5.69 Å². The van der Waals surface area contributed by atoms with Gasteiger partial charge in [-0.05, 0) is 42.0 Å². The molecule has 0 saturated heterocycles. The molecule has 0 spiro atoms. The van der Waals surface area contributed by atoms with Crippen LogP contribution in [-0.4, -0.2) is 12.2 Å². The summed E-state index contributed by atoms with van der Waals surface area (Å²) in [7, 11) is 0. The maximum atomic E-state index is 10.8. The van der Waals surface area contributed by atoms with Crippen LogP contribution in [-0.2, 0) is 4.79 Å². The molecule has 18 heavy (non-hydrogen) atoms. The minimum absolute atomic E-state index is 0.319. The number of hydrogen-bond acceptors (Lipinski definition) is 3. The first kappa shape index (κ1) is 12.0. The Morgan fingerprint density at radius 2 is 1.72 bits per heavy atom. The predicted molar refractivity (Wildman–Crippen MR) is 71.4 cm³/mol. The number of carbonyl (C=O) groups excluding carboxylic acids is 1. The first-order valence-electron chi connectivity index (χ1n) is 5.61. The summed E-state index contributed by atoms with van der Waals surface area (Å²) < 4.78 is 4.95. The maximum Gasteiger partial charge on any atom is 0.308 e. The fraction of sp³-hybridized carbons (Fsp3) is 0.0667. The number of aliphatic imine (C=N–C) groups is 1. The molecule has 3 nitrogen and oxygen atoms in total. The van der Waals surface area contributed by atoms with Crippen molar-refractivity contribution in [2.75, 3.05) is 0 Å². The van der Waals surface area contributed by atoms with E-state index in [1.165, 1.54) is 6.92 Å². The first-order chi connectivity index (χ1) is 8.74. The molecule has 0 bridgehead atoms. The molecule has 0 unspecified atom stereocenters. The van der Waals surface area contributed by atoms with Gasteiger partial charge < -0.3 is 4.74 Å². The summed E-state index contributed by atoms with van der Waals surface area (Å²) in [4.78, 5) is 15.1. The zero-order chi connectivity index (χ0) is 12.8. The molecule has 0 aliphatic heterocycles. The number of hydrogen-bond donors (Lipinski definition) is 0. The molecular weight excluding hydrogens is 226 g/mol. The highest BCUT2D eigenvalue weighted by Gasteiger charge is 1.96. The Kier molecular flexibility index (Phi) is 3.86. The van der Waals surface area contributed by atoms with E-state index in [9.17, 15) is 4.79 Å². The summed E-state index contributed by atoms with van der Waals surface area (Å²) in [6, 6.07) is 16.9. The largest absolute Gasteiger partial charge is 0.427 e. The SMILES string of the molecule is CC(=O)Oc1ccc(C=Nc2ccccc2)cc1. The number of rotatable bonds is 3. The molecule has 0 fully saturated rings. The Hall–Kier alpha value is -2.42. The van der Waals surface area contributed by atoms with Crippen molar-refractivity contribution in [1.29, 1.82) is 0 Å². The van der Waals surface area contributed by atoms with Gasteiger partial charge in [-0.15, -0.1) is 0 Å². The summed E-state index contributed by atoms with van der Waals surface area (Å²) in [6.45, 7) is 1.38. The van der Waals surface area contributed by atoms with E-state index in [4.69, 9.17) is 4.74 Å². The third kappa shape index (κ3) is 3.56. The van der Waals surface area contributed by atoms with Crippen molar-refractivity contribution >= 4 is 17.9 Å². The zero-order valence-corrected chi connectivity index (χ0v) is 10.0. The summed E-state index contributed by atoms with van der Waals surface area (Å²) in [5.74, 6) is 0.222. The van der Waals surface area contributed by atoms with Crippen molar-refractivity contribution in [2.24, 2.45) is 4.99 Å². The van der Waals surface area contributed by atoms with Crippen LogP contribution in [0.1, 0.15) is 12.5 Å². The van der Waals surface area contributed by atoms with Crippen molar-refractivity contribution in [3.05, 3.63) is 60.2 Å². The molecule has 0 aromatic heterocycles. The van der Waals surface area contributed by atoms with Crippen molar-refractivity contribution in [3.63, 3.8) is 0 Å². The lowest BCUT2D eigenvalue weighted by Gasteiger charge is -2.00. The van der Waals surface area contributed by atoms with Crippen LogP contribution in [0.25, 0.3) is 0 Å². The van der Waals surface area contributed by atoms with E-state index in [1.807, 2.05) is 42.5 Å². The fourth-order valence-corrected chi connectivity index (χ4v) is 1.45. The Morgan fingerprint density at radius 3 is 2.33 bits per heavy atom. The molecule has 2 aromatic rings. The number of benzene rings is 2. The van der Waals surface area contributed by atoms with Crippen molar-refractivity contribution in [2.45, 2.75) is 6.92 Å². The zero-order valence-electron chi connectivity index (χ0n) is 10.0. The summed E-state index contributed by atoms with van der Waals surface area (Å²) in [6.07, 6.45) is 1.77. The maximum absolute atomic E-state index is 10.8. The fourth-order valence-electron chi connectivity index (χ4n) is 1.45. The van der Waals surface area contributed by atoms with Crippen LogP contribution in [0.15, 0.2) is 59.6 Å². The molecule has 3 heteroatoms. The number of para-hydroxylation sites is 1. The Labute approximate surface area is 106 Å². The van der Waals surface area contributed by atoms with Gasteiger partial charge >= 0.3 is 5.97 Å². The molecule has 0 aliphatic rings. The number of carbonyl (C=O) groups is 1. The second-order valence-corrected chi connectivity index (χ2v) is 3.76. The molecule has 2 aromatic carbocycles. The Morgan fingerprint density at radius 1 is 1.06 bits per heavy atom. The third-order valence-corrected chi connectivity index (χ3v) is 2.26. The van der Waals surface area contributed by atoms with Gasteiger partial charge in [-0.25, -0.2) is 0 Å². The van der Waals surface area contributed by atoms with Gasteiger partial charge in [0.25, 0.3) is 0 Å². The van der Waals surface area contributed by atoms with Crippen LogP contribution >= 0.6 is 0 Å². The highest BCUT2D eigenvalue weighted by Crippen LogP contribution is 2.13. The minimum Gasteiger partial charge on any atom is -0.427 e. The van der Waals surface area contributed by atoms with Crippen molar-refractivity contribution < 1.29 is 9.53 Å². The van der Waals surface area contributed by atoms with E-state index in [0.29, 0.717) is 5.75 Å². The van der Waals surface area contributed by atoms with Crippen LogP contribution in [0.2, 0.25) is 0 Å². The molecule has 90 valence electrons. The van der Waals surface area contributed by atoms with Crippen LogP contribution in [0, 0.1) is 0 Å². The van der Waals surface area contributed by atoms with Gasteiger partial charge in [-0.2, -0.15) is 0 Å². The lowest BCUT2D eigenvalue weighted by Crippen LogP contribution is -2.00. The average Bonchev–Trinajstić information content (AvgIpc) is 2.38. The molecule has 0 N–H and O–H groups in total. The van der Waals surface area contributed by atoms with Gasteiger partial charge in [-0.1, -0.05) is 18.2 Å². The predicted octanol–water partition coefficient (Wildman–Crippen LogP) is 3.36. The van der Waals surface area contributed by atoms with Gasteiger partial charge in [0, 0.05) is 13.1 Å². The van der Waals surface area contributed by atoms with Crippen molar-refractivity contribution in [1.82, 2.24) is 0 Å². The van der Waals surface area contributed by atoms with E-state index in [-0.39, 0.29) is 5.97 Å². The monoisotopic (exact) mass is 239 g/mol. The smallest absolute Gasteiger partial charge is 0.308 e. The number of ether oxygens (including phenoxy) is 1. The van der Waals surface area contributed by atoms with Gasteiger partial charge in [0.2, 0.25) is 0 Å². The second-order valence-electron chi connectivity index (χ2n) is 3.76. The van der Waals surface area contributed by atoms with Gasteiger partial charge in [0.1, 0.15) is 5.75 Å². The first-order valence-corrected chi connectivity index (χ1v) is 5.61. The van der Waals surface area contributed by atoms with Crippen LogP contribution in [0.5, 0.6) is 5.75 Å². The minimum atomic E-state index is -0.319. The van der Waals surface area contributed by atoms with E-state index in [2.05, 4.69) is 4.99 Å². The summed E-state index contributed by atoms with van der Waals surface area (Å²) in [5.41, 5.74) is 1.86. The number of nitrogens with zero attached hydrogens (tertiary/aromatic N) is 1. The molecule has 0 atom stereocenters. The van der Waals surface area contributed by atoms with Gasteiger partial charge in [-0.3, -0.25) is 9.79 Å². The molecule has 0 radical (unpaired) electrons. The highest BCUT2D eigenvalue weighted by molar-refractivity contribution is 5.82. The molecular formula is C15H13NO2. The average molecular weight is 239 g/mol. The molecule has 2 rings (SSSR count). The topological polar surface area (TPSA) is 38.7 Å². The highest BCUT2D eigenvalue weighted by atomic mass is 16.5. The molecule has 0 amide bonds. The molecule has 0 aliphatic carbocycles.